The lowest BCUT2D eigenvalue weighted by molar-refractivity contribution is 0.101. The number of amides is 1. The number of methoxy groups -OCH3 is 2. The highest BCUT2D eigenvalue weighted by Gasteiger charge is 2.16. The molecule has 1 aromatic carbocycles. The van der Waals surface area contributed by atoms with Gasteiger partial charge < -0.3 is 14.8 Å². The lowest BCUT2D eigenvalue weighted by atomic mass is 10.2. The molecule has 0 unspecified atom stereocenters. The average molecular weight is 313 g/mol. The van der Waals surface area contributed by atoms with Gasteiger partial charge in [-0.15, -0.1) is 5.10 Å². The fraction of sp³-hybridized carbons (Fsp3) is 0.200. The van der Waals surface area contributed by atoms with Gasteiger partial charge in [-0.1, -0.05) is 0 Å². The smallest absolute Gasteiger partial charge is 0.295 e. The molecule has 1 amide bonds. The van der Waals surface area contributed by atoms with Gasteiger partial charge in [-0.25, -0.2) is 9.50 Å². The van der Waals surface area contributed by atoms with Crippen molar-refractivity contribution < 1.29 is 14.3 Å². The first-order valence-electron chi connectivity index (χ1n) is 6.84. The number of hydrogen-bond donors (Lipinski definition) is 1. The minimum atomic E-state index is -0.446. The molecule has 0 spiro atoms. The molecule has 8 nitrogen and oxygen atoms in total. The third kappa shape index (κ3) is 2.78. The summed E-state index contributed by atoms with van der Waals surface area (Å²) < 4.78 is 11.9. The second-order valence-electron chi connectivity index (χ2n) is 4.75. The molecular weight excluding hydrogens is 298 g/mol. The van der Waals surface area contributed by atoms with E-state index in [0.717, 1.165) is 5.69 Å². The number of nitrogens with zero attached hydrogens (tertiary/aromatic N) is 4. The van der Waals surface area contributed by atoms with Crippen LogP contribution < -0.4 is 14.8 Å². The summed E-state index contributed by atoms with van der Waals surface area (Å²) in [4.78, 5) is 20.6. The Morgan fingerprint density at radius 3 is 2.74 bits per heavy atom. The van der Waals surface area contributed by atoms with Crippen LogP contribution in [0.2, 0.25) is 0 Å². The van der Waals surface area contributed by atoms with Gasteiger partial charge in [0.2, 0.25) is 5.82 Å². The second kappa shape index (κ2) is 5.91. The zero-order valence-corrected chi connectivity index (χ0v) is 12.9. The van der Waals surface area contributed by atoms with Crippen molar-refractivity contribution in [2.24, 2.45) is 0 Å². The van der Waals surface area contributed by atoms with E-state index in [1.165, 1.54) is 11.6 Å². The average Bonchev–Trinajstić information content (AvgIpc) is 3.01. The van der Waals surface area contributed by atoms with Crippen LogP contribution in [0.5, 0.6) is 11.5 Å². The molecule has 2 heterocycles. The molecule has 0 fully saturated rings. The number of aromatic nitrogens is 4. The number of aryl methyl sites for hydroxylation is 1. The van der Waals surface area contributed by atoms with Crippen molar-refractivity contribution in [1.29, 1.82) is 0 Å². The molecule has 0 aliphatic rings. The number of anilines is 1. The maximum absolute atomic E-state index is 12.4. The number of ether oxygens (including phenoxy) is 2. The number of hydrogen-bond acceptors (Lipinski definition) is 6. The van der Waals surface area contributed by atoms with Crippen molar-refractivity contribution in [3.63, 3.8) is 0 Å². The van der Waals surface area contributed by atoms with Gasteiger partial charge in [0.15, 0.2) is 0 Å². The van der Waals surface area contributed by atoms with E-state index in [1.54, 1.807) is 37.6 Å². The first kappa shape index (κ1) is 14.8. The molecule has 23 heavy (non-hydrogen) atoms. The van der Waals surface area contributed by atoms with Crippen LogP contribution in [0, 0.1) is 6.92 Å². The highest BCUT2D eigenvalue weighted by molar-refractivity contribution is 6.02. The quantitative estimate of drug-likeness (QED) is 0.788. The van der Waals surface area contributed by atoms with Crippen LogP contribution in [-0.2, 0) is 0 Å². The summed E-state index contributed by atoms with van der Waals surface area (Å²) in [5, 5.41) is 6.89. The molecule has 8 heteroatoms. The molecule has 3 rings (SSSR count). The Kier molecular flexibility index (Phi) is 3.80. The molecule has 0 aliphatic carbocycles. The first-order valence-corrected chi connectivity index (χ1v) is 6.84. The van der Waals surface area contributed by atoms with Gasteiger partial charge in [0.25, 0.3) is 11.7 Å². The number of rotatable bonds is 4. The first-order chi connectivity index (χ1) is 11.1. The summed E-state index contributed by atoms with van der Waals surface area (Å²) >= 11 is 0. The fourth-order valence-electron chi connectivity index (χ4n) is 2.08. The van der Waals surface area contributed by atoms with E-state index >= 15 is 0 Å². The highest BCUT2D eigenvalue weighted by Crippen LogP contribution is 2.29. The third-order valence-electron chi connectivity index (χ3n) is 3.29. The minimum absolute atomic E-state index is 0.0321. The number of carbonyl (C=O) groups excluding carboxylic acids is 1. The molecule has 0 aliphatic heterocycles. The van der Waals surface area contributed by atoms with Crippen LogP contribution >= 0.6 is 0 Å². The van der Waals surface area contributed by atoms with Gasteiger partial charge in [-0.2, -0.15) is 4.98 Å². The van der Waals surface area contributed by atoms with E-state index in [-0.39, 0.29) is 5.82 Å². The van der Waals surface area contributed by atoms with E-state index in [9.17, 15) is 4.79 Å². The monoisotopic (exact) mass is 313 g/mol. The van der Waals surface area contributed by atoms with E-state index in [0.29, 0.717) is 23.0 Å². The molecule has 0 bridgehead atoms. The lowest BCUT2D eigenvalue weighted by Gasteiger charge is -2.10. The van der Waals surface area contributed by atoms with Crippen molar-refractivity contribution in [2.45, 2.75) is 6.92 Å². The summed E-state index contributed by atoms with van der Waals surface area (Å²) in [5.74, 6) is 1.07. The number of fused-ring (bicyclic) bond motifs is 1. The summed E-state index contributed by atoms with van der Waals surface area (Å²) in [6.07, 6.45) is 1.62. The summed E-state index contributed by atoms with van der Waals surface area (Å²) in [5.41, 5.74) is 1.34. The van der Waals surface area contributed by atoms with Crippen LogP contribution in [0.3, 0.4) is 0 Å². The molecule has 0 atom stereocenters. The second-order valence-corrected chi connectivity index (χ2v) is 4.75. The van der Waals surface area contributed by atoms with Crippen molar-refractivity contribution in [3.05, 3.63) is 42.0 Å². The Bertz CT molecular complexity index is 875. The van der Waals surface area contributed by atoms with Crippen LogP contribution in [-0.4, -0.2) is 39.7 Å². The van der Waals surface area contributed by atoms with Crippen LogP contribution in [0.4, 0.5) is 5.69 Å². The maximum atomic E-state index is 12.4. The predicted octanol–water partition coefficient (Wildman–Crippen LogP) is 1.70. The van der Waals surface area contributed by atoms with E-state index in [2.05, 4.69) is 20.4 Å². The topological polar surface area (TPSA) is 90.6 Å². The van der Waals surface area contributed by atoms with Crippen LogP contribution in [0.15, 0.2) is 30.5 Å². The molecule has 0 saturated heterocycles. The van der Waals surface area contributed by atoms with Crippen LogP contribution in [0.1, 0.15) is 16.3 Å². The van der Waals surface area contributed by atoms with Crippen molar-refractivity contribution in [1.82, 2.24) is 19.6 Å². The Hall–Kier alpha value is -3.16. The molecule has 0 saturated carbocycles. The largest absolute Gasteiger partial charge is 0.497 e. The zero-order valence-electron chi connectivity index (χ0n) is 12.9. The highest BCUT2D eigenvalue weighted by atomic mass is 16.5. The van der Waals surface area contributed by atoms with Gasteiger partial charge in [0, 0.05) is 18.0 Å². The van der Waals surface area contributed by atoms with Gasteiger partial charge in [-0.3, -0.25) is 4.79 Å². The third-order valence-corrected chi connectivity index (χ3v) is 3.29. The van der Waals surface area contributed by atoms with Gasteiger partial charge in [0.1, 0.15) is 11.5 Å². The Morgan fingerprint density at radius 2 is 2.04 bits per heavy atom. The molecule has 1 N–H and O–H groups in total. The Morgan fingerprint density at radius 1 is 1.22 bits per heavy atom. The van der Waals surface area contributed by atoms with Gasteiger partial charge in [0.05, 0.1) is 19.9 Å². The molecule has 3 aromatic rings. The Labute approximate surface area is 132 Å². The zero-order chi connectivity index (χ0) is 16.4. The SMILES string of the molecule is COc1ccc(NC(=O)c2nc3nccc(C)n3n2)c(OC)c1. The molecule has 2 aromatic heterocycles. The molecule has 0 radical (unpaired) electrons. The maximum Gasteiger partial charge on any atom is 0.295 e. The van der Waals surface area contributed by atoms with E-state index in [4.69, 9.17) is 9.47 Å². The lowest BCUT2D eigenvalue weighted by Crippen LogP contribution is -2.14. The standard InChI is InChI=1S/C15H15N5O3/c1-9-6-7-16-15-18-13(19-20(9)15)14(21)17-11-5-4-10(22-2)8-12(11)23-3/h4-8H,1-3H3,(H,17,21). The number of carbonyl (C=O) groups is 1. The van der Waals surface area contributed by atoms with Gasteiger partial charge >= 0.3 is 0 Å². The van der Waals surface area contributed by atoms with Crippen molar-refractivity contribution in [3.8, 4) is 11.5 Å². The Balaban J connectivity index is 1.90. The summed E-state index contributed by atoms with van der Waals surface area (Å²) in [7, 11) is 3.07. The summed E-state index contributed by atoms with van der Waals surface area (Å²) in [6.45, 7) is 1.86. The van der Waals surface area contributed by atoms with Crippen molar-refractivity contribution >= 4 is 17.4 Å². The van der Waals surface area contributed by atoms with Gasteiger partial charge in [-0.05, 0) is 25.1 Å². The minimum Gasteiger partial charge on any atom is -0.497 e. The molecule has 118 valence electrons. The number of nitrogens with one attached hydrogen (secondary N) is 1. The van der Waals surface area contributed by atoms with Crippen LogP contribution in [0.25, 0.3) is 5.78 Å². The van der Waals surface area contributed by atoms with E-state index < -0.39 is 5.91 Å². The van der Waals surface area contributed by atoms with Crippen molar-refractivity contribution in [2.75, 3.05) is 19.5 Å². The fourth-order valence-corrected chi connectivity index (χ4v) is 2.08. The van der Waals surface area contributed by atoms with E-state index in [1.807, 2.05) is 6.92 Å². The molecular formula is C15H15N5O3. The predicted molar refractivity (Wildman–Crippen MR) is 83.0 cm³/mol. The summed E-state index contributed by atoms with van der Waals surface area (Å²) in [6, 6.07) is 6.88. The number of benzene rings is 1. The normalized spacial score (nSPS) is 10.6.